The van der Waals surface area contributed by atoms with Gasteiger partial charge in [-0.3, -0.25) is 9.59 Å². The van der Waals surface area contributed by atoms with E-state index < -0.39 is 0 Å². The van der Waals surface area contributed by atoms with Crippen LogP contribution in [0.15, 0.2) is 29.1 Å². The molecule has 0 aliphatic heterocycles. The summed E-state index contributed by atoms with van der Waals surface area (Å²) in [6, 6.07) is 7.53. The molecule has 0 unspecified atom stereocenters. The predicted molar refractivity (Wildman–Crippen MR) is 88.9 cm³/mol. The normalized spacial score (nSPS) is 11.2. The Labute approximate surface area is 130 Å². The maximum atomic E-state index is 12.2. The highest BCUT2D eigenvalue weighted by molar-refractivity contribution is 7.21. The van der Waals surface area contributed by atoms with Crippen LogP contribution in [0.5, 0.6) is 0 Å². The Kier molecular flexibility index (Phi) is 3.96. The molecule has 0 fully saturated rings. The van der Waals surface area contributed by atoms with E-state index >= 15 is 0 Å². The zero-order valence-corrected chi connectivity index (χ0v) is 13.2. The van der Waals surface area contributed by atoms with Crippen LogP contribution in [0.25, 0.3) is 21.0 Å². The summed E-state index contributed by atoms with van der Waals surface area (Å²) in [5, 5.41) is 4.30. The number of aryl methyl sites for hydroxylation is 1. The minimum absolute atomic E-state index is 0.168. The summed E-state index contributed by atoms with van der Waals surface area (Å²) in [4.78, 5) is 27.7. The number of ether oxygens (including phenoxy) is 1. The number of aromatic nitrogens is 1. The topological polar surface area (TPSA) is 71.2 Å². The maximum absolute atomic E-state index is 12.2. The average Bonchev–Trinajstić information content (AvgIpc) is 2.94. The van der Waals surface area contributed by atoms with Crippen molar-refractivity contribution < 1.29 is 9.53 Å². The lowest BCUT2D eigenvalue weighted by molar-refractivity contribution is 0.0941. The summed E-state index contributed by atoms with van der Waals surface area (Å²) in [5.41, 5.74) is 1.73. The number of hydrogen-bond acceptors (Lipinski definition) is 4. The SMILES string of the molecule is COCCNC(=O)c1cc2c(=O)[nH]c3ccc(C)cc3c2s1. The lowest BCUT2D eigenvalue weighted by atomic mass is 10.1. The smallest absolute Gasteiger partial charge is 0.261 e. The second kappa shape index (κ2) is 5.90. The van der Waals surface area contributed by atoms with E-state index in [1.807, 2.05) is 25.1 Å². The van der Waals surface area contributed by atoms with E-state index in [2.05, 4.69) is 10.3 Å². The quantitative estimate of drug-likeness (QED) is 0.726. The molecule has 5 nitrogen and oxygen atoms in total. The van der Waals surface area contributed by atoms with Crippen molar-refractivity contribution >= 4 is 38.2 Å². The highest BCUT2D eigenvalue weighted by Gasteiger charge is 2.14. The minimum atomic E-state index is -0.182. The van der Waals surface area contributed by atoms with Crippen molar-refractivity contribution in [2.75, 3.05) is 20.3 Å². The van der Waals surface area contributed by atoms with Crippen molar-refractivity contribution in [3.63, 3.8) is 0 Å². The molecule has 2 aromatic heterocycles. The zero-order valence-electron chi connectivity index (χ0n) is 12.4. The Morgan fingerprint density at radius 3 is 2.91 bits per heavy atom. The molecule has 22 heavy (non-hydrogen) atoms. The van der Waals surface area contributed by atoms with Crippen LogP contribution in [0.3, 0.4) is 0 Å². The fourth-order valence-corrected chi connectivity index (χ4v) is 3.47. The molecule has 2 N–H and O–H groups in total. The molecule has 3 rings (SSSR count). The van der Waals surface area contributed by atoms with E-state index in [1.54, 1.807) is 13.2 Å². The van der Waals surface area contributed by atoms with Crippen LogP contribution in [-0.2, 0) is 4.74 Å². The number of thiophene rings is 1. The summed E-state index contributed by atoms with van der Waals surface area (Å²) in [6.07, 6.45) is 0. The number of methoxy groups -OCH3 is 1. The van der Waals surface area contributed by atoms with Gasteiger partial charge in [-0.25, -0.2) is 0 Å². The number of fused-ring (bicyclic) bond motifs is 3. The van der Waals surface area contributed by atoms with Crippen LogP contribution in [-0.4, -0.2) is 31.2 Å². The van der Waals surface area contributed by atoms with Gasteiger partial charge in [-0.15, -0.1) is 11.3 Å². The summed E-state index contributed by atoms with van der Waals surface area (Å²) in [6.45, 7) is 2.90. The second-order valence-corrected chi connectivity index (χ2v) is 6.16. The molecule has 2 heterocycles. The Morgan fingerprint density at radius 1 is 1.32 bits per heavy atom. The van der Waals surface area contributed by atoms with Gasteiger partial charge in [-0.1, -0.05) is 11.6 Å². The van der Waals surface area contributed by atoms with E-state index in [0.717, 1.165) is 21.2 Å². The highest BCUT2D eigenvalue weighted by Crippen LogP contribution is 2.30. The molecular weight excluding hydrogens is 300 g/mol. The molecule has 0 spiro atoms. The number of pyridine rings is 1. The molecule has 0 atom stereocenters. The number of carbonyl (C=O) groups excluding carboxylic acids is 1. The zero-order chi connectivity index (χ0) is 15.7. The summed E-state index contributed by atoms with van der Waals surface area (Å²) >= 11 is 1.34. The van der Waals surface area contributed by atoms with Gasteiger partial charge in [0.05, 0.1) is 16.9 Å². The number of nitrogens with one attached hydrogen (secondary N) is 2. The standard InChI is InChI=1S/C16H16N2O3S/c1-9-3-4-12-10(7-9)14-11(15(19)18-12)8-13(22-14)16(20)17-5-6-21-2/h3-4,7-8H,5-6H2,1-2H3,(H,17,20)(H,18,19). The van der Waals surface area contributed by atoms with Crippen LogP contribution < -0.4 is 10.9 Å². The molecular formula is C16H16N2O3S. The Morgan fingerprint density at radius 2 is 2.14 bits per heavy atom. The van der Waals surface area contributed by atoms with Gasteiger partial charge in [-0.2, -0.15) is 0 Å². The van der Waals surface area contributed by atoms with Crippen LogP contribution in [0.1, 0.15) is 15.2 Å². The second-order valence-electron chi connectivity index (χ2n) is 5.11. The van der Waals surface area contributed by atoms with Gasteiger partial charge in [0.1, 0.15) is 0 Å². The fraction of sp³-hybridized carbons (Fsp3) is 0.250. The van der Waals surface area contributed by atoms with Crippen LogP contribution in [0.4, 0.5) is 0 Å². The lowest BCUT2D eigenvalue weighted by Crippen LogP contribution is -2.26. The van der Waals surface area contributed by atoms with E-state index in [-0.39, 0.29) is 11.5 Å². The predicted octanol–water partition coefficient (Wildman–Crippen LogP) is 2.43. The molecule has 0 radical (unpaired) electrons. The molecule has 1 aromatic carbocycles. The number of hydrogen-bond donors (Lipinski definition) is 2. The van der Waals surface area contributed by atoms with Gasteiger partial charge in [-0.05, 0) is 25.1 Å². The summed E-state index contributed by atoms with van der Waals surface area (Å²) < 4.78 is 5.76. The van der Waals surface area contributed by atoms with Gasteiger partial charge in [0, 0.05) is 29.3 Å². The third kappa shape index (κ3) is 2.63. The van der Waals surface area contributed by atoms with Crippen LogP contribution >= 0.6 is 11.3 Å². The molecule has 0 aliphatic carbocycles. The molecule has 0 bridgehead atoms. The lowest BCUT2D eigenvalue weighted by Gasteiger charge is -2.01. The maximum Gasteiger partial charge on any atom is 0.261 e. The minimum Gasteiger partial charge on any atom is -0.383 e. The Balaban J connectivity index is 2.10. The largest absolute Gasteiger partial charge is 0.383 e. The first kappa shape index (κ1) is 14.7. The van der Waals surface area contributed by atoms with Crippen molar-refractivity contribution in [2.24, 2.45) is 0 Å². The van der Waals surface area contributed by atoms with E-state index in [0.29, 0.717) is 23.4 Å². The van der Waals surface area contributed by atoms with Gasteiger partial charge in [0.15, 0.2) is 0 Å². The van der Waals surface area contributed by atoms with E-state index in [9.17, 15) is 9.59 Å². The van der Waals surface area contributed by atoms with Crippen molar-refractivity contribution in [1.82, 2.24) is 10.3 Å². The number of H-pyrrole nitrogens is 1. The van der Waals surface area contributed by atoms with Gasteiger partial charge in [0.25, 0.3) is 11.5 Å². The third-order valence-electron chi connectivity index (χ3n) is 3.46. The summed E-state index contributed by atoms with van der Waals surface area (Å²) in [5.74, 6) is -0.182. The highest BCUT2D eigenvalue weighted by atomic mass is 32.1. The molecule has 3 aromatic rings. The average molecular weight is 316 g/mol. The monoisotopic (exact) mass is 316 g/mol. The van der Waals surface area contributed by atoms with Gasteiger partial charge in [0.2, 0.25) is 0 Å². The van der Waals surface area contributed by atoms with Crippen LogP contribution in [0, 0.1) is 6.92 Å². The molecule has 114 valence electrons. The number of benzene rings is 1. The molecule has 0 saturated carbocycles. The first-order valence-electron chi connectivity index (χ1n) is 6.93. The number of amides is 1. The van der Waals surface area contributed by atoms with Crippen molar-refractivity contribution in [2.45, 2.75) is 6.92 Å². The molecule has 6 heteroatoms. The molecule has 0 saturated heterocycles. The first-order chi connectivity index (χ1) is 10.6. The van der Waals surface area contributed by atoms with Crippen molar-refractivity contribution in [3.8, 4) is 0 Å². The van der Waals surface area contributed by atoms with Crippen molar-refractivity contribution in [3.05, 3.63) is 45.1 Å². The van der Waals surface area contributed by atoms with Crippen molar-refractivity contribution in [1.29, 1.82) is 0 Å². The Bertz CT molecular complexity index is 911. The molecule has 1 amide bonds. The van der Waals surface area contributed by atoms with Gasteiger partial charge >= 0.3 is 0 Å². The van der Waals surface area contributed by atoms with Crippen LogP contribution in [0.2, 0.25) is 0 Å². The number of rotatable bonds is 4. The number of aromatic amines is 1. The first-order valence-corrected chi connectivity index (χ1v) is 7.75. The van der Waals surface area contributed by atoms with E-state index in [1.165, 1.54) is 11.3 Å². The summed E-state index contributed by atoms with van der Waals surface area (Å²) in [7, 11) is 1.58. The third-order valence-corrected chi connectivity index (χ3v) is 4.63. The number of carbonyl (C=O) groups is 1. The molecule has 0 aliphatic rings. The fourth-order valence-electron chi connectivity index (χ4n) is 2.37. The Hall–Kier alpha value is -2.18. The van der Waals surface area contributed by atoms with E-state index in [4.69, 9.17) is 4.74 Å². The van der Waals surface area contributed by atoms with Gasteiger partial charge < -0.3 is 15.0 Å².